The first kappa shape index (κ1) is 16.4. The standard InChI is InChI=1S/C18H25N5O2/c24-16(22-5-1-2-6-22)13-21-7-9-23(10-8-21)18(25)15-11-19-17(20-12-15)14-3-4-14/h11-12,14H,1-10,13H2. The van der Waals surface area contributed by atoms with Crippen molar-refractivity contribution in [2.24, 2.45) is 0 Å². The molecule has 4 rings (SSSR count). The van der Waals surface area contributed by atoms with Crippen LogP contribution in [0.1, 0.15) is 47.8 Å². The summed E-state index contributed by atoms with van der Waals surface area (Å²) in [4.78, 5) is 39.4. The summed E-state index contributed by atoms with van der Waals surface area (Å²) in [5.41, 5.74) is 0.561. The highest BCUT2D eigenvalue weighted by molar-refractivity contribution is 5.93. The Hall–Kier alpha value is -2.02. The summed E-state index contributed by atoms with van der Waals surface area (Å²) in [6, 6.07) is 0. The molecule has 1 saturated carbocycles. The van der Waals surface area contributed by atoms with Gasteiger partial charge in [-0.05, 0) is 25.7 Å². The van der Waals surface area contributed by atoms with Crippen molar-refractivity contribution in [3.8, 4) is 0 Å². The average Bonchev–Trinajstić information content (AvgIpc) is 3.35. The first-order chi connectivity index (χ1) is 12.2. The third-order valence-corrected chi connectivity index (χ3v) is 5.34. The lowest BCUT2D eigenvalue weighted by atomic mass is 10.2. The van der Waals surface area contributed by atoms with E-state index in [0.717, 1.165) is 57.7 Å². The molecule has 3 heterocycles. The van der Waals surface area contributed by atoms with Gasteiger partial charge < -0.3 is 9.80 Å². The SMILES string of the molecule is O=C(CN1CCN(C(=O)c2cnc(C3CC3)nc2)CC1)N1CCCC1. The van der Waals surface area contributed by atoms with Gasteiger partial charge in [0.2, 0.25) is 5.91 Å². The van der Waals surface area contributed by atoms with Crippen molar-refractivity contribution in [3.05, 3.63) is 23.8 Å². The van der Waals surface area contributed by atoms with Gasteiger partial charge in [-0.1, -0.05) is 0 Å². The van der Waals surface area contributed by atoms with E-state index < -0.39 is 0 Å². The Morgan fingerprint density at radius 1 is 0.920 bits per heavy atom. The fraction of sp³-hybridized carbons (Fsp3) is 0.667. The smallest absolute Gasteiger partial charge is 0.257 e. The molecular weight excluding hydrogens is 318 g/mol. The molecule has 7 heteroatoms. The van der Waals surface area contributed by atoms with Crippen LogP contribution in [0.25, 0.3) is 0 Å². The number of carbonyl (C=O) groups excluding carboxylic acids is 2. The number of hydrogen-bond acceptors (Lipinski definition) is 5. The molecule has 2 saturated heterocycles. The van der Waals surface area contributed by atoms with Gasteiger partial charge in [0, 0.05) is 57.6 Å². The number of rotatable bonds is 4. The van der Waals surface area contributed by atoms with Crippen LogP contribution in [0.3, 0.4) is 0 Å². The van der Waals surface area contributed by atoms with Crippen LogP contribution >= 0.6 is 0 Å². The summed E-state index contributed by atoms with van der Waals surface area (Å²) < 4.78 is 0. The second-order valence-corrected chi connectivity index (χ2v) is 7.26. The van der Waals surface area contributed by atoms with Gasteiger partial charge in [-0.15, -0.1) is 0 Å². The second kappa shape index (κ2) is 7.07. The molecule has 0 atom stereocenters. The van der Waals surface area contributed by atoms with Crippen molar-refractivity contribution in [2.75, 3.05) is 45.8 Å². The number of carbonyl (C=O) groups is 2. The van der Waals surface area contributed by atoms with Crippen molar-refractivity contribution in [1.29, 1.82) is 0 Å². The summed E-state index contributed by atoms with van der Waals surface area (Å²) in [7, 11) is 0. The zero-order valence-electron chi connectivity index (χ0n) is 14.6. The van der Waals surface area contributed by atoms with E-state index in [1.165, 1.54) is 0 Å². The third-order valence-electron chi connectivity index (χ3n) is 5.34. The van der Waals surface area contributed by atoms with Crippen LogP contribution in [0.15, 0.2) is 12.4 Å². The fourth-order valence-corrected chi connectivity index (χ4v) is 3.55. The summed E-state index contributed by atoms with van der Waals surface area (Å²) in [5, 5.41) is 0. The van der Waals surface area contributed by atoms with Crippen LogP contribution < -0.4 is 0 Å². The van der Waals surface area contributed by atoms with Gasteiger partial charge in [-0.25, -0.2) is 9.97 Å². The van der Waals surface area contributed by atoms with E-state index in [2.05, 4.69) is 14.9 Å². The maximum atomic E-state index is 12.6. The van der Waals surface area contributed by atoms with E-state index in [9.17, 15) is 9.59 Å². The zero-order chi connectivity index (χ0) is 17.2. The molecule has 2 amide bonds. The van der Waals surface area contributed by atoms with Gasteiger partial charge >= 0.3 is 0 Å². The zero-order valence-corrected chi connectivity index (χ0v) is 14.6. The van der Waals surface area contributed by atoms with Crippen LogP contribution in [0.2, 0.25) is 0 Å². The molecule has 0 spiro atoms. The molecule has 0 unspecified atom stereocenters. The van der Waals surface area contributed by atoms with Gasteiger partial charge in [0.25, 0.3) is 5.91 Å². The number of hydrogen-bond donors (Lipinski definition) is 0. The van der Waals surface area contributed by atoms with E-state index >= 15 is 0 Å². The van der Waals surface area contributed by atoms with Crippen LogP contribution in [0, 0.1) is 0 Å². The minimum Gasteiger partial charge on any atom is -0.342 e. The summed E-state index contributed by atoms with van der Waals surface area (Å²) in [6.07, 6.45) is 7.88. The van der Waals surface area contributed by atoms with Crippen molar-refractivity contribution in [3.63, 3.8) is 0 Å². The first-order valence-electron chi connectivity index (χ1n) is 9.32. The largest absolute Gasteiger partial charge is 0.342 e. The van der Waals surface area contributed by atoms with Crippen molar-refractivity contribution < 1.29 is 9.59 Å². The first-order valence-corrected chi connectivity index (χ1v) is 9.32. The van der Waals surface area contributed by atoms with Crippen molar-refractivity contribution >= 4 is 11.8 Å². The Morgan fingerprint density at radius 3 is 2.16 bits per heavy atom. The van der Waals surface area contributed by atoms with Crippen molar-refractivity contribution in [1.82, 2.24) is 24.7 Å². The highest BCUT2D eigenvalue weighted by atomic mass is 16.2. The molecule has 0 N–H and O–H groups in total. The molecule has 3 fully saturated rings. The highest BCUT2D eigenvalue weighted by Gasteiger charge is 2.28. The average molecular weight is 343 g/mol. The van der Waals surface area contributed by atoms with Gasteiger partial charge in [0.05, 0.1) is 12.1 Å². The molecule has 25 heavy (non-hydrogen) atoms. The van der Waals surface area contributed by atoms with Gasteiger partial charge in [0.15, 0.2) is 0 Å². The molecule has 0 bridgehead atoms. The Balaban J connectivity index is 1.27. The molecule has 1 aliphatic carbocycles. The van der Waals surface area contributed by atoms with E-state index in [4.69, 9.17) is 0 Å². The number of nitrogens with zero attached hydrogens (tertiary/aromatic N) is 5. The maximum Gasteiger partial charge on any atom is 0.257 e. The maximum absolute atomic E-state index is 12.6. The number of likely N-dealkylation sites (tertiary alicyclic amines) is 1. The van der Waals surface area contributed by atoms with E-state index in [0.29, 0.717) is 31.1 Å². The molecule has 134 valence electrons. The van der Waals surface area contributed by atoms with Gasteiger partial charge in [0.1, 0.15) is 5.82 Å². The summed E-state index contributed by atoms with van der Waals surface area (Å²) >= 11 is 0. The van der Waals surface area contributed by atoms with Crippen LogP contribution in [0.5, 0.6) is 0 Å². The number of amides is 2. The lowest BCUT2D eigenvalue weighted by molar-refractivity contribution is -0.131. The Bertz CT molecular complexity index is 629. The molecule has 1 aromatic heterocycles. The minimum atomic E-state index is -0.00661. The quantitative estimate of drug-likeness (QED) is 0.806. The lowest BCUT2D eigenvalue weighted by Gasteiger charge is -2.35. The topological polar surface area (TPSA) is 69.6 Å². The molecule has 1 aromatic rings. The molecule has 2 aliphatic heterocycles. The van der Waals surface area contributed by atoms with Crippen LogP contribution in [-0.2, 0) is 4.79 Å². The van der Waals surface area contributed by atoms with E-state index in [1.807, 2.05) is 9.80 Å². The number of aromatic nitrogens is 2. The molecule has 7 nitrogen and oxygen atoms in total. The van der Waals surface area contributed by atoms with Crippen molar-refractivity contribution in [2.45, 2.75) is 31.6 Å². The monoisotopic (exact) mass is 343 g/mol. The van der Waals surface area contributed by atoms with E-state index in [1.54, 1.807) is 12.4 Å². The summed E-state index contributed by atoms with van der Waals surface area (Å²) in [5.74, 6) is 1.58. The van der Waals surface area contributed by atoms with Crippen LogP contribution in [0.4, 0.5) is 0 Å². The Labute approximate surface area is 148 Å². The van der Waals surface area contributed by atoms with Crippen LogP contribution in [-0.4, -0.2) is 82.3 Å². The fourth-order valence-electron chi connectivity index (χ4n) is 3.55. The molecule has 0 aromatic carbocycles. The molecular formula is C18H25N5O2. The summed E-state index contributed by atoms with van der Waals surface area (Å²) in [6.45, 7) is 5.05. The second-order valence-electron chi connectivity index (χ2n) is 7.26. The third kappa shape index (κ3) is 3.81. The molecule has 3 aliphatic rings. The predicted molar refractivity (Wildman–Crippen MR) is 92.2 cm³/mol. The Kier molecular flexibility index (Phi) is 4.65. The predicted octanol–water partition coefficient (Wildman–Crippen LogP) is 0.734. The van der Waals surface area contributed by atoms with Gasteiger partial charge in [-0.2, -0.15) is 0 Å². The Morgan fingerprint density at radius 2 is 1.56 bits per heavy atom. The number of piperazine rings is 1. The normalized spacial score (nSPS) is 21.6. The van der Waals surface area contributed by atoms with Gasteiger partial charge in [-0.3, -0.25) is 14.5 Å². The highest BCUT2D eigenvalue weighted by Crippen LogP contribution is 2.37. The van der Waals surface area contributed by atoms with E-state index in [-0.39, 0.29) is 11.8 Å². The molecule has 0 radical (unpaired) electrons. The lowest BCUT2D eigenvalue weighted by Crippen LogP contribution is -2.51. The minimum absolute atomic E-state index is 0.00661.